The second kappa shape index (κ2) is 5.48. The molecule has 0 aliphatic carbocycles. The molecule has 72 valence electrons. The van der Waals surface area contributed by atoms with Gasteiger partial charge in [0.1, 0.15) is 6.33 Å². The molecule has 4 heteroatoms. The molecule has 0 saturated carbocycles. The van der Waals surface area contributed by atoms with Gasteiger partial charge in [-0.15, -0.1) is 6.58 Å². The van der Waals surface area contributed by atoms with Crippen LogP contribution in [0.4, 0.5) is 0 Å². The zero-order valence-corrected chi connectivity index (χ0v) is 8.03. The van der Waals surface area contributed by atoms with Crippen molar-refractivity contribution in [2.45, 2.75) is 26.4 Å². The maximum atomic E-state index is 4.24. The highest BCUT2D eigenvalue weighted by atomic mass is 15.3. The molecule has 0 saturated heterocycles. The van der Waals surface area contributed by atoms with Crippen molar-refractivity contribution in [2.24, 2.45) is 0 Å². The smallest absolute Gasteiger partial charge is 0.164 e. The molecule has 13 heavy (non-hydrogen) atoms. The molecular weight excluding hydrogens is 164 g/mol. The summed E-state index contributed by atoms with van der Waals surface area (Å²) in [7, 11) is 0. The summed E-state index contributed by atoms with van der Waals surface area (Å²) in [6.45, 7) is 8.25. The Morgan fingerprint density at radius 1 is 1.69 bits per heavy atom. The van der Waals surface area contributed by atoms with E-state index < -0.39 is 0 Å². The van der Waals surface area contributed by atoms with Gasteiger partial charge < -0.3 is 5.32 Å². The largest absolute Gasteiger partial charge is 0.310 e. The van der Waals surface area contributed by atoms with Gasteiger partial charge in [0.25, 0.3) is 0 Å². The van der Waals surface area contributed by atoms with Crippen molar-refractivity contribution in [3.8, 4) is 0 Å². The molecule has 1 heterocycles. The fourth-order valence-electron chi connectivity index (χ4n) is 1.01. The van der Waals surface area contributed by atoms with Gasteiger partial charge in [-0.25, -0.2) is 9.67 Å². The predicted molar refractivity (Wildman–Crippen MR) is 52.2 cm³/mol. The van der Waals surface area contributed by atoms with E-state index in [-0.39, 0.29) is 0 Å². The molecule has 4 nitrogen and oxygen atoms in total. The Kier molecular flexibility index (Phi) is 4.18. The number of hydrogen-bond acceptors (Lipinski definition) is 3. The quantitative estimate of drug-likeness (QED) is 0.524. The zero-order valence-electron chi connectivity index (χ0n) is 8.03. The first-order chi connectivity index (χ1) is 6.36. The van der Waals surface area contributed by atoms with E-state index in [9.17, 15) is 0 Å². The number of hydrogen-bond donors (Lipinski definition) is 1. The number of nitrogens with one attached hydrogen (secondary N) is 1. The van der Waals surface area contributed by atoms with Crippen LogP contribution in [0.2, 0.25) is 0 Å². The van der Waals surface area contributed by atoms with Gasteiger partial charge >= 0.3 is 0 Å². The lowest BCUT2D eigenvalue weighted by atomic mass is 10.5. The van der Waals surface area contributed by atoms with Crippen LogP contribution in [0.15, 0.2) is 19.0 Å². The molecular formula is C9H16N4. The van der Waals surface area contributed by atoms with Crippen LogP contribution >= 0.6 is 0 Å². The van der Waals surface area contributed by atoms with E-state index in [0.29, 0.717) is 0 Å². The lowest BCUT2D eigenvalue weighted by Crippen LogP contribution is -2.15. The van der Waals surface area contributed by atoms with Crippen LogP contribution in [0.1, 0.15) is 19.2 Å². The lowest BCUT2D eigenvalue weighted by Gasteiger charge is -1.97. The maximum absolute atomic E-state index is 4.24. The SMILES string of the molecule is C=CCn1cnc(CNCCC)n1. The van der Waals surface area contributed by atoms with Gasteiger partial charge in [0.15, 0.2) is 5.82 Å². The first kappa shape index (κ1) is 9.92. The molecule has 0 spiro atoms. The van der Waals surface area contributed by atoms with E-state index in [1.54, 1.807) is 17.1 Å². The molecule has 0 aliphatic heterocycles. The number of allylic oxidation sites excluding steroid dienone is 1. The molecule has 0 radical (unpaired) electrons. The van der Waals surface area contributed by atoms with E-state index in [0.717, 1.165) is 31.9 Å². The van der Waals surface area contributed by atoms with Crippen LogP contribution in [-0.4, -0.2) is 21.3 Å². The van der Waals surface area contributed by atoms with Gasteiger partial charge in [0.2, 0.25) is 0 Å². The molecule has 0 aliphatic rings. The standard InChI is InChI=1S/C9H16N4/c1-3-5-10-7-9-11-8-13(12-9)6-4-2/h4,8,10H,2-3,5-7H2,1H3. The third kappa shape index (κ3) is 3.38. The summed E-state index contributed by atoms with van der Waals surface area (Å²) >= 11 is 0. The topological polar surface area (TPSA) is 42.7 Å². The van der Waals surface area contributed by atoms with Gasteiger partial charge in [-0.2, -0.15) is 5.10 Å². The Morgan fingerprint density at radius 3 is 3.23 bits per heavy atom. The van der Waals surface area contributed by atoms with Gasteiger partial charge in [-0.05, 0) is 13.0 Å². The zero-order chi connectivity index (χ0) is 9.52. The summed E-state index contributed by atoms with van der Waals surface area (Å²) in [5.41, 5.74) is 0. The predicted octanol–water partition coefficient (Wildman–Crippen LogP) is 0.964. The molecule has 1 aromatic heterocycles. The van der Waals surface area contributed by atoms with Crippen LogP contribution in [0.5, 0.6) is 0 Å². The van der Waals surface area contributed by atoms with Crippen molar-refractivity contribution in [1.29, 1.82) is 0 Å². The Bertz CT molecular complexity index is 254. The molecule has 0 unspecified atom stereocenters. The first-order valence-corrected chi connectivity index (χ1v) is 4.56. The van der Waals surface area contributed by atoms with E-state index in [4.69, 9.17) is 0 Å². The molecule has 1 aromatic rings. The number of rotatable bonds is 6. The Labute approximate surface area is 78.7 Å². The van der Waals surface area contributed by atoms with E-state index in [1.165, 1.54) is 0 Å². The lowest BCUT2D eigenvalue weighted by molar-refractivity contribution is 0.629. The Balaban J connectivity index is 2.35. The van der Waals surface area contributed by atoms with E-state index in [1.807, 2.05) is 0 Å². The highest BCUT2D eigenvalue weighted by Crippen LogP contribution is 1.89. The number of aromatic nitrogens is 3. The Hall–Kier alpha value is -1.16. The van der Waals surface area contributed by atoms with E-state index >= 15 is 0 Å². The molecule has 0 fully saturated rings. The third-order valence-corrected chi connectivity index (χ3v) is 1.61. The van der Waals surface area contributed by atoms with Crippen LogP contribution in [0.25, 0.3) is 0 Å². The average Bonchev–Trinajstić information content (AvgIpc) is 2.54. The molecule has 1 N–H and O–H groups in total. The number of nitrogens with zero attached hydrogens (tertiary/aromatic N) is 3. The minimum atomic E-state index is 0.723. The summed E-state index contributed by atoms with van der Waals surface area (Å²) < 4.78 is 1.77. The van der Waals surface area contributed by atoms with Crippen LogP contribution in [0.3, 0.4) is 0 Å². The van der Waals surface area contributed by atoms with Crippen molar-refractivity contribution in [3.05, 3.63) is 24.8 Å². The van der Waals surface area contributed by atoms with Crippen molar-refractivity contribution < 1.29 is 0 Å². The van der Waals surface area contributed by atoms with Crippen molar-refractivity contribution in [2.75, 3.05) is 6.54 Å². The summed E-state index contributed by atoms with van der Waals surface area (Å²) in [6.07, 6.45) is 4.66. The van der Waals surface area contributed by atoms with Crippen LogP contribution < -0.4 is 5.32 Å². The summed E-state index contributed by atoms with van der Waals surface area (Å²) in [5.74, 6) is 0.843. The van der Waals surface area contributed by atoms with Crippen molar-refractivity contribution in [1.82, 2.24) is 20.1 Å². The van der Waals surface area contributed by atoms with Crippen LogP contribution in [0, 0.1) is 0 Å². The summed E-state index contributed by atoms with van der Waals surface area (Å²) in [4.78, 5) is 4.15. The summed E-state index contributed by atoms with van der Waals surface area (Å²) in [6, 6.07) is 0. The highest BCUT2D eigenvalue weighted by Gasteiger charge is 1.97. The van der Waals surface area contributed by atoms with Gasteiger partial charge in [-0.3, -0.25) is 0 Å². The second-order valence-corrected chi connectivity index (χ2v) is 2.85. The normalized spacial score (nSPS) is 10.2. The van der Waals surface area contributed by atoms with Crippen molar-refractivity contribution >= 4 is 0 Å². The maximum Gasteiger partial charge on any atom is 0.164 e. The van der Waals surface area contributed by atoms with Crippen molar-refractivity contribution in [3.63, 3.8) is 0 Å². The first-order valence-electron chi connectivity index (χ1n) is 4.56. The molecule has 0 amide bonds. The minimum Gasteiger partial charge on any atom is -0.310 e. The second-order valence-electron chi connectivity index (χ2n) is 2.85. The molecule has 0 aromatic carbocycles. The highest BCUT2D eigenvalue weighted by molar-refractivity contribution is 4.82. The summed E-state index contributed by atoms with van der Waals surface area (Å²) in [5, 5.41) is 7.49. The fourth-order valence-corrected chi connectivity index (χ4v) is 1.01. The molecule has 0 bridgehead atoms. The van der Waals surface area contributed by atoms with E-state index in [2.05, 4.69) is 28.9 Å². The fraction of sp³-hybridized carbons (Fsp3) is 0.556. The average molecular weight is 180 g/mol. The third-order valence-electron chi connectivity index (χ3n) is 1.61. The monoisotopic (exact) mass is 180 g/mol. The Morgan fingerprint density at radius 2 is 2.54 bits per heavy atom. The van der Waals surface area contributed by atoms with Gasteiger partial charge in [0, 0.05) is 0 Å². The minimum absolute atomic E-state index is 0.723. The molecule has 0 atom stereocenters. The molecule has 1 rings (SSSR count). The van der Waals surface area contributed by atoms with Gasteiger partial charge in [-0.1, -0.05) is 13.0 Å². The van der Waals surface area contributed by atoms with Crippen LogP contribution in [-0.2, 0) is 13.1 Å². The van der Waals surface area contributed by atoms with Gasteiger partial charge in [0.05, 0.1) is 13.1 Å².